The van der Waals surface area contributed by atoms with Gasteiger partial charge in [-0.1, -0.05) is 24.6 Å². The molecule has 1 aliphatic rings. The molecule has 124 valence electrons. The second-order valence-corrected chi connectivity index (χ2v) is 6.26. The van der Waals surface area contributed by atoms with Crippen LogP contribution in [0.3, 0.4) is 0 Å². The number of hydrogen-bond acceptors (Lipinski definition) is 3. The lowest BCUT2D eigenvalue weighted by atomic mass is 9.91. The first-order valence-electron chi connectivity index (χ1n) is 7.82. The Morgan fingerprint density at radius 2 is 2.14 bits per heavy atom. The molecule has 3 N–H and O–H groups in total. The highest BCUT2D eigenvalue weighted by atomic mass is 35.5. The number of rotatable bonds is 4. The molecule has 1 aliphatic heterocycles. The number of aryl methyl sites for hydroxylation is 2. The Bertz CT molecular complexity index is 507. The Kier molecular flexibility index (Phi) is 7.33. The summed E-state index contributed by atoms with van der Waals surface area (Å²) in [5, 5.41) is 3.02. The van der Waals surface area contributed by atoms with Crippen molar-refractivity contribution in [1.82, 2.24) is 4.90 Å². The van der Waals surface area contributed by atoms with Gasteiger partial charge in [-0.2, -0.15) is 0 Å². The Morgan fingerprint density at radius 3 is 2.77 bits per heavy atom. The van der Waals surface area contributed by atoms with Crippen molar-refractivity contribution in [3.8, 4) is 0 Å². The van der Waals surface area contributed by atoms with Gasteiger partial charge < -0.3 is 11.1 Å². The molecule has 0 bridgehead atoms. The minimum Gasteiger partial charge on any atom is -0.329 e. The summed E-state index contributed by atoms with van der Waals surface area (Å²) in [6.07, 6.45) is 2.35. The van der Waals surface area contributed by atoms with E-state index >= 15 is 0 Å². The van der Waals surface area contributed by atoms with Crippen molar-refractivity contribution in [2.24, 2.45) is 11.7 Å². The Balaban J connectivity index is 0.00000242. The average molecular weight is 326 g/mol. The molecule has 1 saturated heterocycles. The van der Waals surface area contributed by atoms with E-state index in [1.54, 1.807) is 0 Å². The predicted octanol–water partition coefficient (Wildman–Crippen LogP) is 2.72. The van der Waals surface area contributed by atoms with E-state index in [-0.39, 0.29) is 18.3 Å². The molecule has 2 rings (SSSR count). The Morgan fingerprint density at radius 1 is 1.41 bits per heavy atom. The quantitative estimate of drug-likeness (QED) is 0.895. The molecule has 2 unspecified atom stereocenters. The lowest BCUT2D eigenvalue weighted by Gasteiger charge is -2.38. The third kappa shape index (κ3) is 4.70. The van der Waals surface area contributed by atoms with Gasteiger partial charge in [0.1, 0.15) is 0 Å². The standard InChI is InChI=1S/C17H27N3O.ClH/c1-12-6-7-15(14(3)9-12)19-17(21)11-20-8-4-5-13(2)16(20)10-18;/h6-7,9,13,16H,4-5,8,10-11,18H2,1-3H3,(H,19,21);1H. The number of benzene rings is 1. The van der Waals surface area contributed by atoms with Crippen LogP contribution in [0.1, 0.15) is 30.9 Å². The molecule has 0 aliphatic carbocycles. The summed E-state index contributed by atoms with van der Waals surface area (Å²) in [5.74, 6) is 0.618. The molecule has 1 fully saturated rings. The van der Waals surface area contributed by atoms with E-state index in [4.69, 9.17) is 5.73 Å². The molecule has 0 spiro atoms. The summed E-state index contributed by atoms with van der Waals surface area (Å²) in [7, 11) is 0. The highest BCUT2D eigenvalue weighted by Crippen LogP contribution is 2.22. The third-order valence-corrected chi connectivity index (χ3v) is 4.47. The van der Waals surface area contributed by atoms with Crippen molar-refractivity contribution in [2.75, 3.05) is 25.0 Å². The molecular weight excluding hydrogens is 298 g/mol. The number of amides is 1. The third-order valence-electron chi connectivity index (χ3n) is 4.47. The lowest BCUT2D eigenvalue weighted by molar-refractivity contribution is -0.118. The van der Waals surface area contributed by atoms with Crippen molar-refractivity contribution in [3.05, 3.63) is 29.3 Å². The molecule has 1 aromatic rings. The summed E-state index contributed by atoms with van der Waals surface area (Å²) in [6.45, 7) is 8.32. The van der Waals surface area contributed by atoms with Crippen LogP contribution in [0.2, 0.25) is 0 Å². The molecule has 0 radical (unpaired) electrons. The van der Waals surface area contributed by atoms with Crippen molar-refractivity contribution in [2.45, 2.75) is 39.7 Å². The lowest BCUT2D eigenvalue weighted by Crippen LogP contribution is -2.51. The van der Waals surface area contributed by atoms with Crippen LogP contribution in [0, 0.1) is 19.8 Å². The highest BCUT2D eigenvalue weighted by molar-refractivity contribution is 5.93. The van der Waals surface area contributed by atoms with E-state index in [1.807, 2.05) is 19.1 Å². The predicted molar refractivity (Wildman–Crippen MR) is 94.6 cm³/mol. The molecule has 1 amide bonds. The Hall–Kier alpha value is -1.10. The first kappa shape index (κ1) is 18.9. The summed E-state index contributed by atoms with van der Waals surface area (Å²) in [5.41, 5.74) is 9.09. The van der Waals surface area contributed by atoms with Gasteiger partial charge in [-0.15, -0.1) is 12.4 Å². The zero-order valence-corrected chi connectivity index (χ0v) is 14.6. The van der Waals surface area contributed by atoms with Crippen LogP contribution < -0.4 is 11.1 Å². The second-order valence-electron chi connectivity index (χ2n) is 6.26. The summed E-state index contributed by atoms with van der Waals surface area (Å²) in [4.78, 5) is 14.5. The number of nitrogens with two attached hydrogens (primary N) is 1. The Labute approximate surface area is 139 Å². The highest BCUT2D eigenvalue weighted by Gasteiger charge is 2.28. The fraction of sp³-hybridized carbons (Fsp3) is 0.588. The summed E-state index contributed by atoms with van der Waals surface area (Å²) >= 11 is 0. The van der Waals surface area contributed by atoms with E-state index < -0.39 is 0 Å². The van der Waals surface area contributed by atoms with Gasteiger partial charge >= 0.3 is 0 Å². The van der Waals surface area contributed by atoms with Gasteiger partial charge in [-0.3, -0.25) is 9.69 Å². The number of carbonyl (C=O) groups excluding carboxylic acids is 1. The van der Waals surface area contributed by atoms with Gasteiger partial charge in [0.05, 0.1) is 6.54 Å². The molecule has 2 atom stereocenters. The summed E-state index contributed by atoms with van der Waals surface area (Å²) < 4.78 is 0. The van der Waals surface area contributed by atoms with Gasteiger partial charge in [-0.25, -0.2) is 0 Å². The van der Waals surface area contributed by atoms with E-state index in [0.717, 1.165) is 24.2 Å². The number of nitrogens with zero attached hydrogens (tertiary/aromatic N) is 1. The van der Waals surface area contributed by atoms with Crippen molar-refractivity contribution in [1.29, 1.82) is 0 Å². The molecule has 0 saturated carbocycles. The van der Waals surface area contributed by atoms with Gasteiger partial charge in [0.2, 0.25) is 5.91 Å². The molecule has 1 aromatic carbocycles. The fourth-order valence-corrected chi connectivity index (χ4v) is 3.24. The fourth-order valence-electron chi connectivity index (χ4n) is 3.24. The number of likely N-dealkylation sites (tertiary alicyclic amines) is 1. The molecule has 0 aromatic heterocycles. The minimum atomic E-state index is 0. The largest absolute Gasteiger partial charge is 0.329 e. The first-order valence-corrected chi connectivity index (χ1v) is 7.82. The maximum atomic E-state index is 12.3. The van der Waals surface area contributed by atoms with Gasteiger partial charge in [0.15, 0.2) is 0 Å². The van der Waals surface area contributed by atoms with Crippen LogP contribution in [0.25, 0.3) is 0 Å². The van der Waals surface area contributed by atoms with Crippen LogP contribution in [-0.4, -0.2) is 36.5 Å². The molecule has 5 heteroatoms. The van der Waals surface area contributed by atoms with Crippen LogP contribution >= 0.6 is 12.4 Å². The molecule has 1 heterocycles. The van der Waals surface area contributed by atoms with E-state index in [2.05, 4.69) is 30.1 Å². The van der Waals surface area contributed by atoms with E-state index in [1.165, 1.54) is 12.0 Å². The molecule has 22 heavy (non-hydrogen) atoms. The van der Waals surface area contributed by atoms with E-state index in [9.17, 15) is 4.79 Å². The molecular formula is C17H28ClN3O. The number of nitrogens with one attached hydrogen (secondary N) is 1. The summed E-state index contributed by atoms with van der Waals surface area (Å²) in [6, 6.07) is 6.40. The minimum absolute atomic E-state index is 0. The second kappa shape index (κ2) is 8.51. The smallest absolute Gasteiger partial charge is 0.238 e. The van der Waals surface area contributed by atoms with Gasteiger partial charge in [-0.05, 0) is 50.8 Å². The maximum absolute atomic E-state index is 12.3. The number of carbonyl (C=O) groups is 1. The van der Waals surface area contributed by atoms with Crippen LogP contribution in [0.5, 0.6) is 0 Å². The van der Waals surface area contributed by atoms with Crippen molar-refractivity contribution in [3.63, 3.8) is 0 Å². The number of piperidine rings is 1. The topological polar surface area (TPSA) is 58.4 Å². The van der Waals surface area contributed by atoms with E-state index in [0.29, 0.717) is 25.0 Å². The maximum Gasteiger partial charge on any atom is 0.238 e. The molecule has 4 nitrogen and oxygen atoms in total. The SMILES string of the molecule is Cc1ccc(NC(=O)CN2CCCC(C)C2CN)c(C)c1.Cl. The van der Waals surface area contributed by atoms with Crippen molar-refractivity contribution < 1.29 is 4.79 Å². The number of hydrogen-bond donors (Lipinski definition) is 2. The normalized spacial score (nSPS) is 22.0. The number of halogens is 1. The van der Waals surface area contributed by atoms with Gasteiger partial charge in [0.25, 0.3) is 0 Å². The van der Waals surface area contributed by atoms with Gasteiger partial charge in [0, 0.05) is 18.3 Å². The number of anilines is 1. The van der Waals surface area contributed by atoms with Crippen molar-refractivity contribution >= 4 is 24.0 Å². The zero-order valence-electron chi connectivity index (χ0n) is 13.8. The van der Waals surface area contributed by atoms with Crippen LogP contribution in [0.15, 0.2) is 18.2 Å². The first-order chi connectivity index (χ1) is 10.0. The average Bonchev–Trinajstić information content (AvgIpc) is 2.42. The van der Waals surface area contributed by atoms with Crippen LogP contribution in [0.4, 0.5) is 5.69 Å². The zero-order chi connectivity index (χ0) is 15.4. The monoisotopic (exact) mass is 325 g/mol. The van der Waals surface area contributed by atoms with Crippen LogP contribution in [-0.2, 0) is 4.79 Å².